The zero-order valence-corrected chi connectivity index (χ0v) is 14.1. The van der Waals surface area contributed by atoms with Gasteiger partial charge in [0, 0.05) is 12.1 Å². The lowest BCUT2D eigenvalue weighted by atomic mass is 9.85. The maximum Gasteiger partial charge on any atom is 0.0594 e. The number of aliphatic hydroxyl groups excluding tert-OH is 1. The number of rotatable bonds is 4. The Morgan fingerprint density at radius 2 is 1.95 bits per heavy atom. The predicted octanol–water partition coefficient (Wildman–Crippen LogP) is 2.98. The molecule has 1 aromatic rings. The molecule has 2 rings (SSSR count). The van der Waals surface area contributed by atoms with Crippen molar-refractivity contribution in [2.24, 2.45) is 0 Å². The number of hydrogen-bond acceptors (Lipinski definition) is 3. The third-order valence-corrected chi connectivity index (χ3v) is 3.94. The summed E-state index contributed by atoms with van der Waals surface area (Å²) in [5.41, 5.74) is 3.37. The highest BCUT2D eigenvalue weighted by Gasteiger charge is 2.25. The van der Waals surface area contributed by atoms with Crippen molar-refractivity contribution in [1.29, 1.82) is 0 Å². The summed E-state index contributed by atoms with van der Waals surface area (Å²) >= 11 is 0. The van der Waals surface area contributed by atoms with Gasteiger partial charge in [0.05, 0.1) is 12.2 Å². The van der Waals surface area contributed by atoms with Gasteiger partial charge in [-0.25, -0.2) is 0 Å². The molecule has 0 saturated heterocycles. The molecule has 0 aliphatic carbocycles. The van der Waals surface area contributed by atoms with E-state index in [1.165, 1.54) is 16.7 Å². The third-order valence-electron chi connectivity index (χ3n) is 3.94. The second-order valence-electron chi connectivity index (χ2n) is 6.27. The molecule has 21 heavy (non-hydrogen) atoms. The summed E-state index contributed by atoms with van der Waals surface area (Å²) in [6.45, 7) is 10.0. The Kier molecular flexibility index (Phi) is 6.85. The van der Waals surface area contributed by atoms with Crippen LogP contribution < -0.4 is 5.32 Å². The van der Waals surface area contributed by atoms with Crippen LogP contribution in [0.15, 0.2) is 18.2 Å². The average molecular weight is 293 g/mol. The van der Waals surface area contributed by atoms with Crippen molar-refractivity contribution in [2.45, 2.75) is 71.6 Å². The second-order valence-corrected chi connectivity index (χ2v) is 6.27. The lowest BCUT2D eigenvalue weighted by Gasteiger charge is -2.32. The highest BCUT2D eigenvalue weighted by molar-refractivity contribution is 5.40. The van der Waals surface area contributed by atoms with Crippen LogP contribution in [0.1, 0.15) is 63.8 Å². The van der Waals surface area contributed by atoms with E-state index >= 15 is 0 Å². The van der Waals surface area contributed by atoms with Crippen LogP contribution in [0, 0.1) is 0 Å². The Hall–Kier alpha value is -0.900. The molecule has 1 heterocycles. The van der Waals surface area contributed by atoms with Gasteiger partial charge in [0.25, 0.3) is 0 Å². The van der Waals surface area contributed by atoms with Crippen molar-refractivity contribution in [2.75, 3.05) is 6.61 Å². The monoisotopic (exact) mass is 293 g/mol. The Bertz CT molecular complexity index is 437. The van der Waals surface area contributed by atoms with Crippen molar-refractivity contribution in [3.05, 3.63) is 34.9 Å². The molecule has 2 atom stereocenters. The third kappa shape index (κ3) is 5.10. The predicted molar refractivity (Wildman–Crippen MR) is 88.5 cm³/mol. The van der Waals surface area contributed by atoms with E-state index in [0.717, 1.165) is 19.3 Å². The minimum absolute atomic E-state index is 0.144. The van der Waals surface area contributed by atoms with Crippen molar-refractivity contribution in [1.82, 2.24) is 5.32 Å². The van der Waals surface area contributed by atoms with Crippen LogP contribution in [-0.2, 0) is 12.8 Å². The van der Waals surface area contributed by atoms with Crippen LogP contribution in [0.5, 0.6) is 0 Å². The summed E-state index contributed by atoms with van der Waals surface area (Å²) < 4.78 is 0. The van der Waals surface area contributed by atoms with E-state index in [1.54, 1.807) is 0 Å². The number of benzene rings is 1. The van der Waals surface area contributed by atoms with E-state index in [0.29, 0.717) is 0 Å². The fourth-order valence-electron chi connectivity index (χ4n) is 2.85. The largest absolute Gasteiger partial charge is 0.395 e. The average Bonchev–Trinajstić information content (AvgIpc) is 2.46. The smallest absolute Gasteiger partial charge is 0.0594 e. The van der Waals surface area contributed by atoms with Gasteiger partial charge in [0.1, 0.15) is 0 Å². The van der Waals surface area contributed by atoms with Crippen LogP contribution in [0.25, 0.3) is 0 Å². The molecule has 1 aliphatic rings. The number of fused-ring (bicyclic) bond motifs is 1. The van der Waals surface area contributed by atoms with Crippen molar-refractivity contribution >= 4 is 0 Å². The van der Waals surface area contributed by atoms with Gasteiger partial charge in [-0.05, 0) is 56.7 Å². The van der Waals surface area contributed by atoms with Gasteiger partial charge in [-0.2, -0.15) is 0 Å². The fraction of sp³-hybridized carbons (Fsp3) is 0.667. The molecule has 0 bridgehead atoms. The first kappa shape index (κ1) is 18.1. The first-order valence-electron chi connectivity index (χ1n) is 8.10. The van der Waals surface area contributed by atoms with E-state index in [9.17, 15) is 10.2 Å². The zero-order valence-electron chi connectivity index (χ0n) is 14.1. The Balaban J connectivity index is 0.00000106. The molecule has 0 amide bonds. The zero-order chi connectivity index (χ0) is 16.0. The number of hydrogen-bond donors (Lipinski definition) is 3. The molecule has 2 unspecified atom stereocenters. The minimum atomic E-state index is -0.627. The summed E-state index contributed by atoms with van der Waals surface area (Å²) in [5, 5.41) is 22.7. The first-order chi connectivity index (χ1) is 9.90. The lowest BCUT2D eigenvalue weighted by molar-refractivity contribution is 0.0713. The number of aliphatic hydroxyl groups is 2. The van der Waals surface area contributed by atoms with Crippen LogP contribution in [0.2, 0.25) is 0 Å². The fourth-order valence-corrected chi connectivity index (χ4v) is 2.85. The van der Waals surface area contributed by atoms with Crippen LogP contribution in [0.3, 0.4) is 0 Å². The Labute approximate surface area is 129 Å². The molecule has 3 heteroatoms. The molecule has 0 aromatic heterocycles. The molecule has 0 radical (unpaired) electrons. The maximum absolute atomic E-state index is 9.88. The van der Waals surface area contributed by atoms with E-state index < -0.39 is 5.60 Å². The Morgan fingerprint density at radius 3 is 2.52 bits per heavy atom. The van der Waals surface area contributed by atoms with Crippen LogP contribution in [-0.4, -0.2) is 28.5 Å². The van der Waals surface area contributed by atoms with Gasteiger partial charge in [0.2, 0.25) is 0 Å². The van der Waals surface area contributed by atoms with Crippen molar-refractivity contribution in [3.63, 3.8) is 0 Å². The molecule has 1 aliphatic heterocycles. The van der Waals surface area contributed by atoms with Gasteiger partial charge in [-0.1, -0.05) is 32.0 Å². The van der Waals surface area contributed by atoms with Crippen molar-refractivity contribution < 1.29 is 10.2 Å². The van der Waals surface area contributed by atoms with E-state index in [1.807, 2.05) is 27.7 Å². The lowest BCUT2D eigenvalue weighted by Crippen LogP contribution is -2.41. The second kappa shape index (κ2) is 7.92. The summed E-state index contributed by atoms with van der Waals surface area (Å²) in [6, 6.07) is 6.83. The van der Waals surface area contributed by atoms with Gasteiger partial charge >= 0.3 is 0 Å². The summed E-state index contributed by atoms with van der Waals surface area (Å²) in [6.07, 6.45) is 2.52. The van der Waals surface area contributed by atoms with Gasteiger partial charge in [-0.3, -0.25) is 0 Å². The molecular weight excluding hydrogens is 262 g/mol. The molecular formula is C18H31NO2. The molecule has 0 spiro atoms. The highest BCUT2D eigenvalue weighted by atomic mass is 16.3. The van der Waals surface area contributed by atoms with E-state index in [-0.39, 0.29) is 18.7 Å². The minimum Gasteiger partial charge on any atom is -0.395 e. The van der Waals surface area contributed by atoms with Gasteiger partial charge in [-0.15, -0.1) is 0 Å². The Morgan fingerprint density at radius 1 is 1.29 bits per heavy atom. The SMILES string of the molecule is CC.CC1NC(CO)Cc2c(CCC(C)(C)O)cccc21. The molecule has 3 N–H and O–H groups in total. The molecule has 120 valence electrons. The topological polar surface area (TPSA) is 52.5 Å². The standard InChI is InChI=1S/C16H25NO2.C2H6/c1-11-14-6-4-5-12(7-8-16(2,3)19)15(14)9-13(10-18)17-11;1-2/h4-6,11,13,17-19H,7-10H2,1-3H3;1-2H3. The van der Waals surface area contributed by atoms with E-state index in [4.69, 9.17) is 0 Å². The van der Waals surface area contributed by atoms with Crippen molar-refractivity contribution in [3.8, 4) is 0 Å². The number of nitrogens with one attached hydrogen (secondary N) is 1. The van der Waals surface area contributed by atoms with E-state index in [2.05, 4.69) is 30.4 Å². The summed E-state index contributed by atoms with van der Waals surface area (Å²) in [4.78, 5) is 0. The van der Waals surface area contributed by atoms with Crippen LogP contribution in [0.4, 0.5) is 0 Å². The molecule has 1 aromatic carbocycles. The maximum atomic E-state index is 9.88. The quantitative estimate of drug-likeness (QED) is 0.800. The highest BCUT2D eigenvalue weighted by Crippen LogP contribution is 2.29. The summed E-state index contributed by atoms with van der Waals surface area (Å²) in [5.74, 6) is 0. The first-order valence-corrected chi connectivity index (χ1v) is 8.10. The number of aryl methyl sites for hydroxylation is 1. The molecule has 0 saturated carbocycles. The summed E-state index contributed by atoms with van der Waals surface area (Å²) in [7, 11) is 0. The van der Waals surface area contributed by atoms with Gasteiger partial charge < -0.3 is 15.5 Å². The normalized spacial score (nSPS) is 21.3. The molecule has 3 nitrogen and oxygen atoms in total. The van der Waals surface area contributed by atoms with Crippen LogP contribution >= 0.6 is 0 Å². The van der Waals surface area contributed by atoms with Gasteiger partial charge in [0.15, 0.2) is 0 Å². The molecule has 0 fully saturated rings.